The molecule has 0 radical (unpaired) electrons. The Bertz CT molecular complexity index is 704. The lowest BCUT2D eigenvalue weighted by molar-refractivity contribution is -0.469. The number of nitrogens with one attached hydrogen (secondary N) is 1. The van der Waals surface area contributed by atoms with E-state index >= 15 is 0 Å². The summed E-state index contributed by atoms with van der Waals surface area (Å²) in [5, 5.41) is 14.8. The summed E-state index contributed by atoms with van der Waals surface area (Å²) >= 11 is 0. The highest BCUT2D eigenvalue weighted by molar-refractivity contribution is 5.93. The number of pyridine rings is 1. The van der Waals surface area contributed by atoms with Gasteiger partial charge in [-0.3, -0.25) is 4.79 Å². The molecule has 0 aliphatic carbocycles. The van der Waals surface area contributed by atoms with Crippen molar-refractivity contribution in [1.82, 2.24) is 4.98 Å². The molecule has 0 unspecified atom stereocenters. The Morgan fingerprint density at radius 3 is 2.52 bits per heavy atom. The van der Waals surface area contributed by atoms with Crippen molar-refractivity contribution in [3.05, 3.63) is 65.0 Å². The first kappa shape index (κ1) is 16.7. The number of hydroxylamine groups is 1. The van der Waals surface area contributed by atoms with Crippen molar-refractivity contribution in [2.45, 2.75) is 27.3 Å². The lowest BCUT2D eigenvalue weighted by atomic mass is 9.96. The van der Waals surface area contributed by atoms with Crippen LogP contribution in [-0.4, -0.2) is 21.8 Å². The monoisotopic (exact) mass is 311 g/mol. The van der Waals surface area contributed by atoms with Crippen molar-refractivity contribution in [3.8, 4) is 0 Å². The molecular formula is C18H21N3O2. The van der Waals surface area contributed by atoms with Gasteiger partial charge in [-0.25, -0.2) is 9.72 Å². The van der Waals surface area contributed by atoms with E-state index in [1.807, 2.05) is 51.1 Å². The zero-order valence-electron chi connectivity index (χ0n) is 13.6. The minimum atomic E-state index is -0.501. The van der Waals surface area contributed by atoms with E-state index in [1.54, 1.807) is 18.2 Å². The summed E-state index contributed by atoms with van der Waals surface area (Å²) in [7, 11) is 0. The molecular weight excluding hydrogens is 290 g/mol. The molecule has 23 heavy (non-hydrogen) atoms. The van der Waals surface area contributed by atoms with Crippen LogP contribution < -0.4 is 5.32 Å². The molecule has 1 amide bonds. The largest absolute Gasteiger partial charge is 0.623 e. The summed E-state index contributed by atoms with van der Waals surface area (Å²) in [4.78, 5) is 16.3. The second-order valence-corrected chi connectivity index (χ2v) is 6.34. The van der Waals surface area contributed by atoms with Gasteiger partial charge >= 0.3 is 0 Å². The molecule has 0 saturated carbocycles. The standard InChI is InChI=1S/C18H21N3O2/c1-18(2,3)17(22)20-16-11-7-10-15(19-16)13-21(23)12-14-8-5-4-6-9-14/h4-11,13H,12H2,1-3H3,(H,19,20,22)/b21-13-. The van der Waals surface area contributed by atoms with Crippen LogP contribution in [0.2, 0.25) is 0 Å². The second-order valence-electron chi connectivity index (χ2n) is 6.34. The molecule has 1 aromatic heterocycles. The molecule has 120 valence electrons. The third kappa shape index (κ3) is 5.21. The van der Waals surface area contributed by atoms with E-state index in [-0.39, 0.29) is 12.5 Å². The summed E-state index contributed by atoms with van der Waals surface area (Å²) < 4.78 is 0.826. The first-order valence-electron chi connectivity index (χ1n) is 7.46. The third-order valence-electron chi connectivity index (χ3n) is 3.15. The minimum absolute atomic E-state index is 0.120. The predicted octanol–water partition coefficient (Wildman–Crippen LogP) is 3.20. The van der Waals surface area contributed by atoms with Gasteiger partial charge in [0.15, 0.2) is 6.54 Å². The van der Waals surface area contributed by atoms with E-state index < -0.39 is 5.41 Å². The number of hydrogen-bond acceptors (Lipinski definition) is 3. The van der Waals surface area contributed by atoms with Crippen LogP contribution in [0.25, 0.3) is 0 Å². The molecule has 0 bridgehead atoms. The van der Waals surface area contributed by atoms with Gasteiger partial charge in [0.05, 0.1) is 0 Å². The third-order valence-corrected chi connectivity index (χ3v) is 3.15. The van der Waals surface area contributed by atoms with Gasteiger partial charge in [0.1, 0.15) is 11.5 Å². The Kier molecular flexibility index (Phi) is 5.11. The zero-order chi connectivity index (χ0) is 16.9. The number of aromatic nitrogens is 1. The average molecular weight is 311 g/mol. The molecule has 0 spiro atoms. The summed E-state index contributed by atoms with van der Waals surface area (Å²) in [6.45, 7) is 5.74. The first-order valence-corrected chi connectivity index (χ1v) is 7.46. The highest BCUT2D eigenvalue weighted by Gasteiger charge is 2.21. The van der Waals surface area contributed by atoms with E-state index in [9.17, 15) is 10.0 Å². The smallest absolute Gasteiger partial charge is 0.230 e. The number of amides is 1. The fourth-order valence-electron chi connectivity index (χ4n) is 1.85. The molecule has 0 atom stereocenters. The van der Waals surface area contributed by atoms with Crippen molar-refractivity contribution in [2.75, 3.05) is 5.32 Å². The Morgan fingerprint density at radius 1 is 1.17 bits per heavy atom. The molecule has 0 aliphatic rings. The van der Waals surface area contributed by atoms with E-state index in [4.69, 9.17) is 0 Å². The number of carbonyl (C=O) groups excluding carboxylic acids is 1. The highest BCUT2D eigenvalue weighted by atomic mass is 16.5. The maximum Gasteiger partial charge on any atom is 0.230 e. The highest BCUT2D eigenvalue weighted by Crippen LogP contribution is 2.16. The van der Waals surface area contributed by atoms with Gasteiger partial charge in [-0.2, -0.15) is 0 Å². The van der Waals surface area contributed by atoms with E-state index in [1.165, 1.54) is 6.21 Å². The van der Waals surface area contributed by atoms with E-state index in [2.05, 4.69) is 10.3 Å². The van der Waals surface area contributed by atoms with Crippen LogP contribution in [0.3, 0.4) is 0 Å². The molecule has 0 aliphatic heterocycles. The van der Waals surface area contributed by atoms with Crippen LogP contribution in [0.5, 0.6) is 0 Å². The van der Waals surface area contributed by atoms with Crippen LogP contribution >= 0.6 is 0 Å². The maximum atomic E-state index is 12.0. The van der Waals surface area contributed by atoms with Gasteiger partial charge in [-0.05, 0) is 12.1 Å². The topological polar surface area (TPSA) is 68.1 Å². The number of anilines is 1. The van der Waals surface area contributed by atoms with Gasteiger partial charge in [0.2, 0.25) is 12.1 Å². The van der Waals surface area contributed by atoms with Gasteiger partial charge < -0.3 is 10.5 Å². The predicted molar refractivity (Wildman–Crippen MR) is 91.3 cm³/mol. The molecule has 1 N–H and O–H groups in total. The quantitative estimate of drug-likeness (QED) is 0.408. The summed E-state index contributed by atoms with van der Waals surface area (Å²) in [5.41, 5.74) is 0.929. The molecule has 2 rings (SSSR count). The molecule has 5 nitrogen and oxygen atoms in total. The first-order chi connectivity index (χ1) is 10.8. The van der Waals surface area contributed by atoms with Crippen LogP contribution in [-0.2, 0) is 11.3 Å². The number of rotatable bonds is 4. The van der Waals surface area contributed by atoms with Gasteiger partial charge in [0.25, 0.3) is 0 Å². The lowest BCUT2D eigenvalue weighted by Gasteiger charge is -2.17. The van der Waals surface area contributed by atoms with Crippen LogP contribution in [0.4, 0.5) is 5.82 Å². The van der Waals surface area contributed by atoms with Crippen LogP contribution in [0.15, 0.2) is 48.5 Å². The average Bonchev–Trinajstić information content (AvgIpc) is 2.47. The second kappa shape index (κ2) is 7.05. The SMILES string of the molecule is CC(C)(C)C(=O)Nc1cccc(/C=[N+](\[O-])Cc2ccccc2)n1. The molecule has 0 saturated heterocycles. The Balaban J connectivity index is 2.10. The number of benzene rings is 1. The maximum absolute atomic E-state index is 12.0. The van der Waals surface area contributed by atoms with Gasteiger partial charge in [-0.15, -0.1) is 0 Å². The van der Waals surface area contributed by atoms with Crippen LogP contribution in [0.1, 0.15) is 32.0 Å². The molecule has 5 heteroatoms. The Hall–Kier alpha value is -2.69. The molecule has 1 heterocycles. The van der Waals surface area contributed by atoms with Crippen molar-refractivity contribution < 1.29 is 9.53 Å². The lowest BCUT2D eigenvalue weighted by Crippen LogP contribution is -2.28. The van der Waals surface area contributed by atoms with Crippen molar-refractivity contribution >= 4 is 17.9 Å². The normalized spacial score (nSPS) is 12.0. The summed E-state index contributed by atoms with van der Waals surface area (Å²) in [6.07, 6.45) is 1.42. The van der Waals surface area contributed by atoms with Crippen molar-refractivity contribution in [1.29, 1.82) is 0 Å². The van der Waals surface area contributed by atoms with Crippen molar-refractivity contribution in [3.63, 3.8) is 0 Å². The van der Waals surface area contributed by atoms with E-state index in [0.717, 1.165) is 10.3 Å². The fourth-order valence-corrected chi connectivity index (χ4v) is 1.85. The molecule has 1 aromatic carbocycles. The summed E-state index contributed by atoms with van der Waals surface area (Å²) in [6, 6.07) is 14.7. The van der Waals surface area contributed by atoms with Gasteiger partial charge in [-0.1, -0.05) is 57.2 Å². The van der Waals surface area contributed by atoms with Crippen molar-refractivity contribution in [2.24, 2.45) is 5.41 Å². The van der Waals surface area contributed by atoms with E-state index in [0.29, 0.717) is 11.5 Å². The molecule has 2 aromatic rings. The fraction of sp³-hybridized carbons (Fsp3) is 0.278. The zero-order valence-corrected chi connectivity index (χ0v) is 13.6. The number of nitrogens with zero attached hydrogens (tertiary/aromatic N) is 2. The molecule has 0 fully saturated rings. The summed E-state index contributed by atoms with van der Waals surface area (Å²) in [5.74, 6) is 0.317. The van der Waals surface area contributed by atoms with Gasteiger partial charge in [0, 0.05) is 11.0 Å². The Morgan fingerprint density at radius 2 is 1.87 bits per heavy atom. The number of carbonyl (C=O) groups is 1. The number of hydrogen-bond donors (Lipinski definition) is 1. The van der Waals surface area contributed by atoms with Crippen LogP contribution in [0, 0.1) is 10.6 Å². The minimum Gasteiger partial charge on any atom is -0.623 e. The Labute approximate surface area is 136 Å².